The lowest BCUT2D eigenvalue weighted by atomic mass is 9.83. The lowest BCUT2D eigenvalue weighted by Gasteiger charge is -2.39. The molecular formula is C33H42N4O8S. The zero-order chi connectivity index (χ0) is 33.5. The molecule has 12 nitrogen and oxygen atoms in total. The highest BCUT2D eigenvalue weighted by Gasteiger charge is 2.54. The Morgan fingerprint density at radius 3 is 2.48 bits per heavy atom. The summed E-state index contributed by atoms with van der Waals surface area (Å²) in [5.41, 5.74) is 6.24. The van der Waals surface area contributed by atoms with Gasteiger partial charge in [-0.2, -0.15) is 0 Å². The van der Waals surface area contributed by atoms with Gasteiger partial charge in [0.25, 0.3) is 17.7 Å². The molecule has 2 aromatic rings. The van der Waals surface area contributed by atoms with Gasteiger partial charge in [0, 0.05) is 19.3 Å². The highest BCUT2D eigenvalue weighted by molar-refractivity contribution is 7.92. The fraction of sp³-hybridized carbons (Fsp3) is 0.455. The van der Waals surface area contributed by atoms with E-state index in [2.05, 4.69) is 5.48 Å². The number of amides is 4. The molecule has 2 heterocycles. The molecule has 4 amide bonds. The molecule has 0 bridgehead atoms. The van der Waals surface area contributed by atoms with E-state index >= 15 is 0 Å². The number of allylic oxidation sites excluding steroid dienone is 1. The number of fused-ring (bicyclic) bond motifs is 1. The van der Waals surface area contributed by atoms with E-state index in [-0.39, 0.29) is 30.4 Å². The molecule has 0 saturated carbocycles. The van der Waals surface area contributed by atoms with E-state index in [1.54, 1.807) is 38.1 Å². The monoisotopic (exact) mass is 654 g/mol. The summed E-state index contributed by atoms with van der Waals surface area (Å²) in [6.07, 6.45) is 5.39. The van der Waals surface area contributed by atoms with Gasteiger partial charge in [0.1, 0.15) is 0 Å². The van der Waals surface area contributed by atoms with Crippen molar-refractivity contribution in [3.05, 3.63) is 76.9 Å². The molecule has 46 heavy (non-hydrogen) atoms. The third kappa shape index (κ3) is 7.55. The molecule has 13 heteroatoms. The van der Waals surface area contributed by atoms with E-state index in [4.69, 9.17) is 15.4 Å². The third-order valence-electron chi connectivity index (χ3n) is 8.58. The predicted molar refractivity (Wildman–Crippen MR) is 171 cm³/mol. The number of carbonyl (C=O) groups is 4. The fourth-order valence-electron chi connectivity index (χ4n) is 6.13. The maximum absolute atomic E-state index is 14.1. The Bertz CT molecular complexity index is 1570. The van der Waals surface area contributed by atoms with Gasteiger partial charge >= 0.3 is 0 Å². The van der Waals surface area contributed by atoms with Crippen LogP contribution in [0.1, 0.15) is 83.7 Å². The van der Waals surface area contributed by atoms with Gasteiger partial charge in [-0.1, -0.05) is 67.5 Å². The minimum absolute atomic E-state index is 0.0388. The summed E-state index contributed by atoms with van der Waals surface area (Å²) in [4.78, 5) is 61.9. The predicted octanol–water partition coefficient (Wildman–Crippen LogP) is 3.22. The fourth-order valence-corrected chi connectivity index (χ4v) is 7.58. The number of sulfone groups is 1. The molecule has 0 aliphatic carbocycles. The molecule has 1 saturated heterocycles. The Balaban J connectivity index is 1.83. The van der Waals surface area contributed by atoms with Crippen LogP contribution < -0.4 is 16.7 Å². The minimum Gasteiger partial charge on any atom is -0.350 e. The van der Waals surface area contributed by atoms with Crippen molar-refractivity contribution in [2.75, 3.05) is 12.9 Å². The molecule has 0 aromatic heterocycles. The maximum Gasteiger partial charge on any atom is 0.261 e. The van der Waals surface area contributed by atoms with Gasteiger partial charge in [-0.05, 0) is 56.7 Å². The van der Waals surface area contributed by atoms with Crippen molar-refractivity contribution >= 4 is 39.5 Å². The number of ether oxygens (including phenoxy) is 1. The van der Waals surface area contributed by atoms with E-state index in [1.807, 2.05) is 35.8 Å². The van der Waals surface area contributed by atoms with Crippen molar-refractivity contribution in [1.29, 1.82) is 0 Å². The van der Waals surface area contributed by atoms with Gasteiger partial charge < -0.3 is 4.74 Å². The number of nitrogens with one attached hydrogen (secondary N) is 2. The topological polar surface area (TPSA) is 174 Å². The minimum atomic E-state index is -4.23. The van der Waals surface area contributed by atoms with Crippen LogP contribution in [0, 0.1) is 12.8 Å². The molecule has 1 fully saturated rings. The first-order chi connectivity index (χ1) is 21.9. The number of hydrogen-bond donors (Lipinski definition) is 3. The second-order valence-corrected chi connectivity index (χ2v) is 14.2. The smallest absolute Gasteiger partial charge is 0.261 e. The summed E-state index contributed by atoms with van der Waals surface area (Å²) >= 11 is 0. The van der Waals surface area contributed by atoms with E-state index in [9.17, 15) is 27.6 Å². The Morgan fingerprint density at radius 1 is 1.13 bits per heavy atom. The standard InChI is InChI=1S/C33H42N4O8S/c1-4-18-33(32(41)35-34,46(3,42)43)21-27(37-30(39)24-17-16-22(2)20-26(24)31(37)40)25(14-10-13-23-11-6-5-7-12-23)29(38)36-45-28-15-8-9-19-44-28/h5-7,10-13,16-17,20,25,27-28H,4,8-9,14-15,18-19,21,34H2,1-3H3,(H,35,41)(H,36,38)/b13-10+/t25-,27+,28?,33?/m0/s1. The number of aryl methyl sites for hydroxylation is 1. The second-order valence-electron chi connectivity index (χ2n) is 11.8. The zero-order valence-corrected chi connectivity index (χ0v) is 27.2. The third-order valence-corrected chi connectivity index (χ3v) is 10.6. The molecule has 4 rings (SSSR count). The van der Waals surface area contributed by atoms with E-state index in [0.717, 1.165) is 35.1 Å². The number of nitrogens with zero attached hydrogens (tertiary/aromatic N) is 1. The molecule has 2 aromatic carbocycles. The SMILES string of the molecule is CCCC(C[C@H]([C@H](C/C=C/c1ccccc1)C(=O)NOC1CCCCO1)N1C(=O)c2ccc(C)cc2C1=O)(C(=O)NN)S(C)(=O)=O. The number of hydrogen-bond acceptors (Lipinski definition) is 9. The number of nitrogens with two attached hydrogens (primary N) is 1. The van der Waals surface area contributed by atoms with E-state index in [0.29, 0.717) is 13.0 Å². The van der Waals surface area contributed by atoms with Crippen LogP contribution in [0.4, 0.5) is 0 Å². The first kappa shape index (κ1) is 35.0. The molecule has 4 N–H and O–H groups in total. The number of benzene rings is 2. The van der Waals surface area contributed by atoms with Crippen molar-refractivity contribution in [2.45, 2.75) is 75.9 Å². The van der Waals surface area contributed by atoms with Gasteiger partial charge in [0.05, 0.1) is 23.1 Å². The van der Waals surface area contributed by atoms with Crippen LogP contribution in [0.2, 0.25) is 0 Å². The van der Waals surface area contributed by atoms with Crippen LogP contribution in [-0.2, 0) is 29.0 Å². The molecule has 4 atom stereocenters. The summed E-state index contributed by atoms with van der Waals surface area (Å²) in [6.45, 7) is 3.94. The normalized spacial score (nSPS) is 19.4. The summed E-state index contributed by atoms with van der Waals surface area (Å²) in [6, 6.07) is 12.7. The van der Waals surface area contributed by atoms with E-state index in [1.165, 1.54) is 6.07 Å². The molecule has 2 aliphatic heterocycles. The van der Waals surface area contributed by atoms with Crippen molar-refractivity contribution < 1.29 is 37.2 Å². The number of hydroxylamine groups is 1. The average Bonchev–Trinajstić information content (AvgIpc) is 3.28. The zero-order valence-electron chi connectivity index (χ0n) is 26.4. The first-order valence-electron chi connectivity index (χ1n) is 15.4. The lowest BCUT2D eigenvalue weighted by molar-refractivity contribution is -0.202. The average molecular weight is 655 g/mol. The van der Waals surface area contributed by atoms with Crippen LogP contribution in [0.5, 0.6) is 0 Å². The van der Waals surface area contributed by atoms with Crippen molar-refractivity contribution in [3.63, 3.8) is 0 Å². The second kappa shape index (κ2) is 15.1. The van der Waals surface area contributed by atoms with Crippen molar-refractivity contribution in [3.8, 4) is 0 Å². The maximum atomic E-state index is 14.1. The summed E-state index contributed by atoms with van der Waals surface area (Å²) in [7, 11) is -4.23. The number of hydrazine groups is 1. The van der Waals surface area contributed by atoms with Gasteiger partial charge in [0.2, 0.25) is 5.91 Å². The summed E-state index contributed by atoms with van der Waals surface area (Å²) in [5.74, 6) is 1.19. The highest BCUT2D eigenvalue weighted by Crippen LogP contribution is 2.38. The van der Waals surface area contributed by atoms with Crippen LogP contribution in [0.3, 0.4) is 0 Å². The van der Waals surface area contributed by atoms with Crippen molar-refractivity contribution in [1.82, 2.24) is 15.8 Å². The van der Waals surface area contributed by atoms with Crippen LogP contribution in [0.25, 0.3) is 6.08 Å². The summed E-state index contributed by atoms with van der Waals surface area (Å²) in [5, 5.41) is 0. The van der Waals surface area contributed by atoms with Gasteiger partial charge in [-0.25, -0.2) is 24.6 Å². The molecule has 2 aliphatic rings. The Morgan fingerprint density at radius 2 is 1.85 bits per heavy atom. The number of rotatable bonds is 14. The molecule has 2 unspecified atom stereocenters. The van der Waals surface area contributed by atoms with Crippen LogP contribution in [-0.4, -0.2) is 66.9 Å². The van der Waals surface area contributed by atoms with E-state index < -0.39 is 62.9 Å². The van der Waals surface area contributed by atoms with Gasteiger partial charge in [0.15, 0.2) is 20.9 Å². The molecule has 0 radical (unpaired) electrons. The Kier molecular flexibility index (Phi) is 11.5. The molecular weight excluding hydrogens is 612 g/mol. The summed E-state index contributed by atoms with van der Waals surface area (Å²) < 4.78 is 30.4. The van der Waals surface area contributed by atoms with Crippen molar-refractivity contribution in [2.24, 2.45) is 11.8 Å². The Labute approximate surface area is 269 Å². The molecule has 248 valence electrons. The van der Waals surface area contributed by atoms with Crippen LogP contribution >= 0.6 is 0 Å². The largest absolute Gasteiger partial charge is 0.350 e. The van der Waals surface area contributed by atoms with Gasteiger partial charge in [-0.15, -0.1) is 0 Å². The number of carbonyl (C=O) groups excluding carboxylic acids is 4. The van der Waals surface area contributed by atoms with Gasteiger partial charge in [-0.3, -0.25) is 29.5 Å². The first-order valence-corrected chi connectivity index (χ1v) is 17.3. The lowest BCUT2D eigenvalue weighted by Crippen LogP contribution is -2.60. The highest BCUT2D eigenvalue weighted by atomic mass is 32.2. The number of imide groups is 1. The quantitative estimate of drug-likeness (QED) is 0.120. The van der Waals surface area contributed by atoms with Crippen LogP contribution in [0.15, 0.2) is 54.6 Å². The Hall–Kier alpha value is -3.91. The molecule has 0 spiro atoms.